The monoisotopic (exact) mass is 389 g/mol. The average molecular weight is 389 g/mol. The molecule has 3 nitrogen and oxygen atoms in total. The highest BCUT2D eigenvalue weighted by Crippen LogP contribution is 2.45. The Balaban J connectivity index is 1.88. The highest BCUT2D eigenvalue weighted by molar-refractivity contribution is 5.99. The lowest BCUT2D eigenvalue weighted by Crippen LogP contribution is -2.09. The normalized spacial score (nSPS) is 15.1. The van der Waals surface area contributed by atoms with Crippen molar-refractivity contribution in [2.24, 2.45) is 0 Å². The number of aliphatic hydroxyl groups is 1. The first-order chi connectivity index (χ1) is 14.1. The second-order valence-corrected chi connectivity index (χ2v) is 7.61. The van der Waals surface area contributed by atoms with Crippen molar-refractivity contribution in [3.8, 4) is 11.1 Å². The Morgan fingerprint density at radius 2 is 1.93 bits per heavy atom. The van der Waals surface area contributed by atoms with E-state index in [2.05, 4.69) is 0 Å². The number of rotatable bonds is 7. The molecule has 4 heteroatoms. The van der Waals surface area contributed by atoms with Crippen LogP contribution in [-0.4, -0.2) is 22.0 Å². The number of ketones is 1. The second kappa shape index (κ2) is 8.26. The van der Waals surface area contributed by atoms with Crippen molar-refractivity contribution < 1.29 is 14.3 Å². The lowest BCUT2D eigenvalue weighted by atomic mass is 9.92. The zero-order valence-corrected chi connectivity index (χ0v) is 16.4. The van der Waals surface area contributed by atoms with E-state index in [-0.39, 0.29) is 18.0 Å². The zero-order chi connectivity index (χ0) is 20.4. The van der Waals surface area contributed by atoms with Crippen molar-refractivity contribution >= 4 is 22.8 Å². The Morgan fingerprint density at radius 3 is 2.62 bits per heavy atom. The van der Waals surface area contributed by atoms with Crippen LogP contribution in [0.25, 0.3) is 28.1 Å². The summed E-state index contributed by atoms with van der Waals surface area (Å²) in [5, 5.41) is 11.3. The molecule has 4 rings (SSSR count). The number of hydrogen-bond acceptors (Lipinski definition) is 3. The molecule has 1 N–H and O–H groups in total. The van der Waals surface area contributed by atoms with Crippen LogP contribution < -0.4 is 0 Å². The van der Waals surface area contributed by atoms with Gasteiger partial charge in [0.1, 0.15) is 11.6 Å². The molecule has 0 saturated heterocycles. The van der Waals surface area contributed by atoms with E-state index in [1.807, 2.05) is 30.3 Å². The number of aliphatic hydroxyl groups excluding tert-OH is 1. The molecule has 0 amide bonds. The van der Waals surface area contributed by atoms with Crippen LogP contribution in [0.4, 0.5) is 4.39 Å². The number of carbonyl (C=O) groups excluding carboxylic acids is 1. The number of benzene rings is 2. The van der Waals surface area contributed by atoms with Gasteiger partial charge in [0.05, 0.1) is 17.3 Å². The van der Waals surface area contributed by atoms with Crippen LogP contribution in [0.1, 0.15) is 49.8 Å². The molecule has 1 aliphatic carbocycles. The van der Waals surface area contributed by atoms with Crippen molar-refractivity contribution in [2.45, 2.75) is 44.6 Å². The lowest BCUT2D eigenvalue weighted by molar-refractivity contribution is -0.120. The maximum absolute atomic E-state index is 13.6. The summed E-state index contributed by atoms with van der Waals surface area (Å²) in [5.41, 5.74) is 4.76. The molecule has 1 atom stereocenters. The summed E-state index contributed by atoms with van der Waals surface area (Å²) in [6.07, 6.45) is 5.44. The van der Waals surface area contributed by atoms with Crippen LogP contribution in [0.15, 0.2) is 54.6 Å². The third-order valence-corrected chi connectivity index (χ3v) is 5.37. The number of halogens is 1. The van der Waals surface area contributed by atoms with Gasteiger partial charge in [-0.1, -0.05) is 49.4 Å². The smallest absolute Gasteiger partial charge is 0.135 e. The van der Waals surface area contributed by atoms with E-state index in [4.69, 9.17) is 4.98 Å². The van der Waals surface area contributed by atoms with Crippen LogP contribution in [0, 0.1) is 5.82 Å². The molecule has 1 heterocycles. The Hall–Kier alpha value is -2.85. The molecule has 0 unspecified atom stereocenters. The minimum Gasteiger partial charge on any atom is -0.389 e. The van der Waals surface area contributed by atoms with Crippen molar-refractivity contribution in [3.63, 3.8) is 0 Å². The third kappa shape index (κ3) is 4.28. The number of aromatic nitrogens is 1. The summed E-state index contributed by atoms with van der Waals surface area (Å²) in [4.78, 5) is 16.6. The van der Waals surface area contributed by atoms with Gasteiger partial charge in [0.2, 0.25) is 0 Å². The molecule has 1 aromatic heterocycles. The molecule has 2 aromatic carbocycles. The summed E-state index contributed by atoms with van der Waals surface area (Å²) >= 11 is 0. The predicted octanol–water partition coefficient (Wildman–Crippen LogP) is 5.66. The number of hydrogen-bond donors (Lipinski definition) is 1. The topological polar surface area (TPSA) is 50.2 Å². The van der Waals surface area contributed by atoms with Gasteiger partial charge in [-0.25, -0.2) is 4.39 Å². The van der Waals surface area contributed by atoms with Crippen molar-refractivity contribution in [1.29, 1.82) is 0 Å². The summed E-state index contributed by atoms with van der Waals surface area (Å²) in [6.45, 7) is 1.80. The highest BCUT2D eigenvalue weighted by atomic mass is 19.1. The first-order valence-corrected chi connectivity index (χ1v) is 10.1. The van der Waals surface area contributed by atoms with E-state index < -0.39 is 6.10 Å². The second-order valence-electron chi connectivity index (χ2n) is 7.61. The Labute approximate surface area is 169 Å². The Bertz CT molecular complexity index is 1070. The molecule has 0 radical (unpaired) electrons. The van der Waals surface area contributed by atoms with Gasteiger partial charge < -0.3 is 5.11 Å². The first kappa shape index (κ1) is 19.5. The van der Waals surface area contributed by atoms with Crippen LogP contribution in [-0.2, 0) is 4.79 Å². The van der Waals surface area contributed by atoms with Crippen LogP contribution in [0.3, 0.4) is 0 Å². The maximum atomic E-state index is 13.6. The Morgan fingerprint density at radius 1 is 1.21 bits per heavy atom. The number of para-hydroxylation sites is 1. The van der Waals surface area contributed by atoms with Crippen molar-refractivity contribution in [3.05, 3.63) is 71.7 Å². The largest absolute Gasteiger partial charge is 0.389 e. The fourth-order valence-corrected chi connectivity index (χ4v) is 3.66. The van der Waals surface area contributed by atoms with Crippen molar-refractivity contribution in [1.82, 2.24) is 4.98 Å². The number of fused-ring (bicyclic) bond motifs is 1. The van der Waals surface area contributed by atoms with Crippen LogP contribution >= 0.6 is 0 Å². The molecule has 1 aliphatic rings. The van der Waals surface area contributed by atoms with Crippen LogP contribution in [0.5, 0.6) is 0 Å². The van der Waals surface area contributed by atoms with Gasteiger partial charge in [0, 0.05) is 35.3 Å². The molecule has 0 aliphatic heterocycles. The van der Waals surface area contributed by atoms with Gasteiger partial charge in [-0.3, -0.25) is 9.78 Å². The van der Waals surface area contributed by atoms with Crippen molar-refractivity contribution in [2.75, 3.05) is 0 Å². The molecular formula is C25H24FNO2. The number of Topliss-reactive ketones (excluding diaryl/α,β-unsaturated/α-hetero) is 1. The Kier molecular flexibility index (Phi) is 5.54. The van der Waals surface area contributed by atoms with E-state index in [0.717, 1.165) is 46.1 Å². The number of pyridine rings is 1. The van der Waals surface area contributed by atoms with E-state index in [9.17, 15) is 14.3 Å². The minimum absolute atomic E-state index is 0.0277. The van der Waals surface area contributed by atoms with Gasteiger partial charge in [0.15, 0.2) is 0 Å². The lowest BCUT2D eigenvalue weighted by Gasteiger charge is -2.16. The standard InChI is InChI=1S/C25H24FNO2/c1-2-19(28)15-20(29)13-14-22-24(16-9-11-18(26)12-10-16)21-5-3-4-6-23(21)27-25(22)17-7-8-17/h3-6,9-14,17,20,29H,2,7-8,15H2,1H3/b14-13+/t20-/m1/s1. The summed E-state index contributed by atoms with van der Waals surface area (Å²) in [5.74, 6) is 0.146. The van der Waals surface area contributed by atoms with E-state index in [1.54, 1.807) is 25.1 Å². The number of carbonyl (C=O) groups is 1. The van der Waals surface area contributed by atoms with E-state index >= 15 is 0 Å². The summed E-state index contributed by atoms with van der Waals surface area (Å²) in [7, 11) is 0. The summed E-state index contributed by atoms with van der Waals surface area (Å²) < 4.78 is 13.6. The molecule has 3 aromatic rings. The third-order valence-electron chi connectivity index (χ3n) is 5.37. The van der Waals surface area contributed by atoms with Gasteiger partial charge in [-0.2, -0.15) is 0 Å². The molecule has 1 fully saturated rings. The fraction of sp³-hybridized carbons (Fsp3) is 0.280. The zero-order valence-electron chi connectivity index (χ0n) is 16.4. The fourth-order valence-electron chi connectivity index (χ4n) is 3.66. The van der Waals surface area contributed by atoms with Crippen LogP contribution in [0.2, 0.25) is 0 Å². The highest BCUT2D eigenvalue weighted by Gasteiger charge is 2.29. The predicted molar refractivity (Wildman–Crippen MR) is 114 cm³/mol. The molecule has 0 bridgehead atoms. The van der Waals surface area contributed by atoms with Gasteiger partial charge >= 0.3 is 0 Å². The molecule has 29 heavy (non-hydrogen) atoms. The SMILES string of the molecule is CCC(=O)C[C@H](O)/C=C/c1c(C2CC2)nc2ccccc2c1-c1ccc(F)cc1. The van der Waals surface area contributed by atoms with Gasteiger partial charge in [-0.15, -0.1) is 0 Å². The van der Waals surface area contributed by atoms with Gasteiger partial charge in [0.25, 0.3) is 0 Å². The number of nitrogens with zero attached hydrogens (tertiary/aromatic N) is 1. The maximum Gasteiger partial charge on any atom is 0.135 e. The van der Waals surface area contributed by atoms with E-state index in [0.29, 0.717) is 12.3 Å². The minimum atomic E-state index is -0.831. The van der Waals surface area contributed by atoms with E-state index in [1.165, 1.54) is 12.1 Å². The molecule has 0 spiro atoms. The molecular weight excluding hydrogens is 365 g/mol. The molecule has 1 saturated carbocycles. The first-order valence-electron chi connectivity index (χ1n) is 10.1. The average Bonchev–Trinajstić information content (AvgIpc) is 3.57. The quantitative estimate of drug-likeness (QED) is 0.567. The van der Waals surface area contributed by atoms with Gasteiger partial charge in [-0.05, 0) is 36.6 Å². The summed E-state index contributed by atoms with van der Waals surface area (Å²) in [6, 6.07) is 14.4. The molecule has 148 valence electrons.